The molecule has 1 aliphatic heterocycles. The highest BCUT2D eigenvalue weighted by Crippen LogP contribution is 2.37. The van der Waals surface area contributed by atoms with E-state index in [1.807, 2.05) is 13.8 Å². The van der Waals surface area contributed by atoms with Crippen LogP contribution in [0.25, 0.3) is 10.9 Å². The molecule has 10 heteroatoms. The third kappa shape index (κ3) is 4.46. The van der Waals surface area contributed by atoms with Crippen molar-refractivity contribution < 1.29 is 28.2 Å². The van der Waals surface area contributed by atoms with Crippen LogP contribution in [0.1, 0.15) is 32.5 Å². The van der Waals surface area contributed by atoms with Crippen molar-refractivity contribution in [2.75, 3.05) is 13.1 Å². The van der Waals surface area contributed by atoms with Crippen LogP contribution in [-0.4, -0.2) is 63.5 Å². The SMILES string of the molecule is CC(C)Oc1ccc(S(=O)(=O)N2C[C@H](n3nc(CC(=O)O)c4ccccc43)[C@@](C)(O)C2)cc1. The lowest BCUT2D eigenvalue weighted by atomic mass is 10.0. The van der Waals surface area contributed by atoms with Crippen molar-refractivity contribution in [1.82, 2.24) is 14.1 Å². The van der Waals surface area contributed by atoms with Crippen LogP contribution < -0.4 is 4.74 Å². The van der Waals surface area contributed by atoms with Gasteiger partial charge in [-0.15, -0.1) is 0 Å². The molecule has 1 aliphatic rings. The maximum Gasteiger partial charge on any atom is 0.309 e. The van der Waals surface area contributed by atoms with Crippen LogP contribution in [0.3, 0.4) is 0 Å². The average molecular weight is 474 g/mol. The summed E-state index contributed by atoms with van der Waals surface area (Å²) >= 11 is 0. The van der Waals surface area contributed by atoms with E-state index >= 15 is 0 Å². The number of para-hydroxylation sites is 1. The molecule has 176 valence electrons. The van der Waals surface area contributed by atoms with Gasteiger partial charge >= 0.3 is 5.97 Å². The zero-order chi connectivity index (χ0) is 24.0. The Labute approximate surface area is 192 Å². The summed E-state index contributed by atoms with van der Waals surface area (Å²) in [6.07, 6.45) is -0.299. The summed E-state index contributed by atoms with van der Waals surface area (Å²) in [5.41, 5.74) is -0.396. The molecule has 0 spiro atoms. The molecule has 0 aliphatic carbocycles. The molecule has 1 fully saturated rings. The minimum Gasteiger partial charge on any atom is -0.491 e. The summed E-state index contributed by atoms with van der Waals surface area (Å²) in [5, 5.41) is 25.6. The van der Waals surface area contributed by atoms with E-state index in [-0.39, 0.29) is 30.5 Å². The molecule has 2 atom stereocenters. The number of fused-ring (bicyclic) bond motifs is 1. The number of rotatable bonds is 7. The van der Waals surface area contributed by atoms with Crippen molar-refractivity contribution in [1.29, 1.82) is 0 Å². The topological polar surface area (TPSA) is 122 Å². The monoisotopic (exact) mass is 473 g/mol. The summed E-state index contributed by atoms with van der Waals surface area (Å²) in [6.45, 7) is 5.22. The molecule has 3 aromatic rings. The van der Waals surface area contributed by atoms with E-state index < -0.39 is 27.6 Å². The number of aliphatic hydroxyl groups is 1. The zero-order valence-electron chi connectivity index (χ0n) is 18.7. The summed E-state index contributed by atoms with van der Waals surface area (Å²) < 4.78 is 35.0. The van der Waals surface area contributed by atoms with Gasteiger partial charge in [0.25, 0.3) is 0 Å². The number of benzene rings is 2. The summed E-state index contributed by atoms with van der Waals surface area (Å²) in [5.74, 6) is -0.443. The molecule has 0 bridgehead atoms. The van der Waals surface area contributed by atoms with E-state index in [0.29, 0.717) is 22.3 Å². The molecule has 2 heterocycles. The van der Waals surface area contributed by atoms with Gasteiger partial charge in [0, 0.05) is 18.5 Å². The van der Waals surface area contributed by atoms with Crippen LogP contribution in [0.2, 0.25) is 0 Å². The molecule has 0 unspecified atom stereocenters. The highest BCUT2D eigenvalue weighted by Gasteiger charge is 2.48. The van der Waals surface area contributed by atoms with Crippen molar-refractivity contribution in [2.45, 2.75) is 49.8 Å². The minimum atomic E-state index is -3.88. The van der Waals surface area contributed by atoms with Gasteiger partial charge in [-0.05, 0) is 51.1 Å². The second-order valence-corrected chi connectivity index (χ2v) is 10.7. The molecule has 1 aromatic heterocycles. The van der Waals surface area contributed by atoms with Gasteiger partial charge in [0.1, 0.15) is 5.75 Å². The quantitative estimate of drug-likeness (QED) is 0.540. The van der Waals surface area contributed by atoms with Gasteiger partial charge in [-0.2, -0.15) is 9.40 Å². The Morgan fingerprint density at radius 2 is 1.88 bits per heavy atom. The number of sulfonamides is 1. The third-order valence-electron chi connectivity index (χ3n) is 5.73. The van der Waals surface area contributed by atoms with E-state index in [1.165, 1.54) is 16.4 Å². The van der Waals surface area contributed by atoms with E-state index in [9.17, 15) is 23.4 Å². The molecule has 4 rings (SSSR count). The zero-order valence-corrected chi connectivity index (χ0v) is 19.5. The Hall–Kier alpha value is -2.95. The number of carboxylic acids is 1. The first-order valence-corrected chi connectivity index (χ1v) is 12.1. The smallest absolute Gasteiger partial charge is 0.309 e. The fraction of sp³-hybridized carbons (Fsp3) is 0.391. The lowest BCUT2D eigenvalue weighted by Gasteiger charge is -2.25. The Morgan fingerprint density at radius 1 is 1.21 bits per heavy atom. The molecule has 2 N–H and O–H groups in total. The van der Waals surface area contributed by atoms with E-state index in [4.69, 9.17) is 4.74 Å². The van der Waals surface area contributed by atoms with Crippen LogP contribution in [-0.2, 0) is 21.2 Å². The molecule has 0 saturated carbocycles. The van der Waals surface area contributed by atoms with Gasteiger partial charge in [0.2, 0.25) is 10.0 Å². The molecular formula is C23H27N3O6S. The van der Waals surface area contributed by atoms with Crippen molar-refractivity contribution in [3.8, 4) is 5.75 Å². The fourth-order valence-corrected chi connectivity index (χ4v) is 5.77. The minimum absolute atomic E-state index is 0.00222. The van der Waals surface area contributed by atoms with E-state index in [2.05, 4.69) is 5.10 Å². The van der Waals surface area contributed by atoms with E-state index in [1.54, 1.807) is 48.0 Å². The normalized spacial score (nSPS) is 21.7. The van der Waals surface area contributed by atoms with Crippen LogP contribution in [0.15, 0.2) is 53.4 Å². The highest BCUT2D eigenvalue weighted by atomic mass is 32.2. The third-order valence-corrected chi connectivity index (χ3v) is 7.55. The second-order valence-electron chi connectivity index (χ2n) is 8.79. The second kappa shape index (κ2) is 8.44. The number of carbonyl (C=O) groups is 1. The largest absolute Gasteiger partial charge is 0.491 e. The summed E-state index contributed by atoms with van der Waals surface area (Å²) in [6, 6.07) is 12.6. The van der Waals surface area contributed by atoms with Crippen LogP contribution >= 0.6 is 0 Å². The molecule has 0 radical (unpaired) electrons. The fourth-order valence-electron chi connectivity index (χ4n) is 4.22. The number of ether oxygens (including phenoxy) is 1. The Kier molecular flexibility index (Phi) is 5.94. The molecule has 1 saturated heterocycles. The first-order chi connectivity index (χ1) is 15.5. The Morgan fingerprint density at radius 3 is 2.52 bits per heavy atom. The summed E-state index contributed by atoms with van der Waals surface area (Å²) in [7, 11) is -3.88. The first kappa shape index (κ1) is 23.2. The van der Waals surface area contributed by atoms with Gasteiger partial charge in [0.05, 0.1) is 40.3 Å². The Balaban J connectivity index is 1.67. The van der Waals surface area contributed by atoms with Crippen molar-refractivity contribution >= 4 is 26.9 Å². The standard InChI is InChI=1S/C23H27N3O6S/c1-15(2)32-16-8-10-17(11-9-16)33(30,31)25-13-21(23(3,29)14-25)26-20-7-5-4-6-18(20)19(24-26)12-22(27)28/h4-11,15,21,29H,12-14H2,1-3H3,(H,27,28)/t21-,23-/m0/s1. The first-order valence-electron chi connectivity index (χ1n) is 10.7. The van der Waals surface area contributed by atoms with Gasteiger partial charge in [-0.1, -0.05) is 18.2 Å². The summed E-state index contributed by atoms with van der Waals surface area (Å²) in [4.78, 5) is 11.4. The molecule has 0 amide bonds. The Bertz CT molecular complexity index is 1280. The van der Waals surface area contributed by atoms with Crippen LogP contribution in [0.5, 0.6) is 5.75 Å². The number of nitrogens with zero attached hydrogens (tertiary/aromatic N) is 3. The average Bonchev–Trinajstić information content (AvgIpc) is 3.25. The van der Waals surface area contributed by atoms with Crippen molar-refractivity contribution in [3.63, 3.8) is 0 Å². The predicted octanol–water partition coefficient (Wildman–Crippen LogP) is 2.45. The maximum atomic E-state index is 13.3. The number of hydrogen-bond acceptors (Lipinski definition) is 6. The maximum absolute atomic E-state index is 13.3. The number of carboxylic acid groups (broad SMARTS) is 1. The van der Waals surface area contributed by atoms with Gasteiger partial charge in [0.15, 0.2) is 0 Å². The highest BCUT2D eigenvalue weighted by molar-refractivity contribution is 7.89. The number of hydrogen-bond donors (Lipinski definition) is 2. The molecule has 9 nitrogen and oxygen atoms in total. The lowest BCUT2D eigenvalue weighted by molar-refractivity contribution is -0.136. The molecular weight excluding hydrogens is 446 g/mol. The number of aromatic nitrogens is 2. The number of β-amino-alcohol motifs (C(OH)–C–C–N with tert-alkyl or cyclic N) is 1. The van der Waals surface area contributed by atoms with Gasteiger partial charge in [-0.3, -0.25) is 9.48 Å². The van der Waals surface area contributed by atoms with Crippen molar-refractivity contribution in [3.05, 3.63) is 54.2 Å². The number of aliphatic carboxylic acids is 1. The van der Waals surface area contributed by atoms with Gasteiger partial charge in [-0.25, -0.2) is 8.42 Å². The molecule has 2 aromatic carbocycles. The molecule has 33 heavy (non-hydrogen) atoms. The van der Waals surface area contributed by atoms with Crippen LogP contribution in [0.4, 0.5) is 0 Å². The van der Waals surface area contributed by atoms with E-state index in [0.717, 1.165) is 0 Å². The van der Waals surface area contributed by atoms with Crippen molar-refractivity contribution in [2.24, 2.45) is 0 Å². The van der Waals surface area contributed by atoms with Crippen LogP contribution in [0, 0.1) is 0 Å². The predicted molar refractivity (Wildman–Crippen MR) is 122 cm³/mol. The van der Waals surface area contributed by atoms with Gasteiger partial charge < -0.3 is 14.9 Å². The lowest BCUT2D eigenvalue weighted by Crippen LogP contribution is -2.37.